The quantitative estimate of drug-likeness (QED) is 0.359. The maximum absolute atomic E-state index is 12.6. The highest BCUT2D eigenvalue weighted by Crippen LogP contribution is 2.40. The first-order valence-electron chi connectivity index (χ1n) is 12.6. The SMILES string of the molecule is CCC(O)(/C=C/c1ccc(C(CC)(CC)c2ccc(C(=O)NC(C)C(=O)O)c(C)c2)cc1C)CC. The summed E-state index contributed by atoms with van der Waals surface area (Å²) in [5.41, 5.74) is 4.90. The van der Waals surface area contributed by atoms with E-state index >= 15 is 0 Å². The van der Waals surface area contributed by atoms with Crippen LogP contribution in [0.1, 0.15) is 98.5 Å². The van der Waals surface area contributed by atoms with E-state index in [1.165, 1.54) is 12.5 Å². The molecule has 1 amide bonds. The van der Waals surface area contributed by atoms with Gasteiger partial charge in [0.15, 0.2) is 0 Å². The second kappa shape index (κ2) is 11.7. The van der Waals surface area contributed by atoms with Crippen LogP contribution in [0.2, 0.25) is 0 Å². The molecule has 35 heavy (non-hydrogen) atoms. The van der Waals surface area contributed by atoms with Crippen LogP contribution in [-0.2, 0) is 10.2 Å². The molecule has 0 bridgehead atoms. The first-order valence-corrected chi connectivity index (χ1v) is 12.6. The Labute approximate surface area is 210 Å². The number of benzene rings is 2. The van der Waals surface area contributed by atoms with E-state index in [2.05, 4.69) is 50.4 Å². The average molecular weight is 480 g/mol. The van der Waals surface area contributed by atoms with E-state index < -0.39 is 17.6 Å². The molecular formula is C30H41NO4. The lowest BCUT2D eigenvalue weighted by molar-refractivity contribution is -0.138. The van der Waals surface area contributed by atoms with Crippen LogP contribution in [0.25, 0.3) is 6.08 Å². The van der Waals surface area contributed by atoms with Crippen LogP contribution in [-0.4, -0.2) is 33.7 Å². The molecule has 0 aliphatic heterocycles. The molecule has 0 saturated heterocycles. The fourth-order valence-corrected chi connectivity index (χ4v) is 4.68. The number of aliphatic hydroxyl groups is 1. The maximum Gasteiger partial charge on any atom is 0.325 e. The van der Waals surface area contributed by atoms with Crippen LogP contribution in [0.15, 0.2) is 42.5 Å². The van der Waals surface area contributed by atoms with Gasteiger partial charge in [0.05, 0.1) is 5.60 Å². The first-order chi connectivity index (χ1) is 16.5. The summed E-state index contributed by atoms with van der Waals surface area (Å²) in [5, 5.41) is 22.2. The Balaban J connectivity index is 2.45. The van der Waals surface area contributed by atoms with E-state index in [9.17, 15) is 14.7 Å². The lowest BCUT2D eigenvalue weighted by Gasteiger charge is -2.34. The van der Waals surface area contributed by atoms with E-state index in [-0.39, 0.29) is 11.3 Å². The highest BCUT2D eigenvalue weighted by molar-refractivity contribution is 5.97. The largest absolute Gasteiger partial charge is 0.480 e. The summed E-state index contributed by atoms with van der Waals surface area (Å²) >= 11 is 0. The van der Waals surface area contributed by atoms with E-state index in [0.717, 1.165) is 35.1 Å². The minimum atomic E-state index is -1.06. The number of aliphatic carboxylic acids is 1. The van der Waals surface area contributed by atoms with Crippen LogP contribution in [0.3, 0.4) is 0 Å². The number of carbonyl (C=O) groups is 2. The number of nitrogens with one attached hydrogen (secondary N) is 1. The van der Waals surface area contributed by atoms with E-state index in [4.69, 9.17) is 5.11 Å². The summed E-state index contributed by atoms with van der Waals surface area (Å²) in [6, 6.07) is 11.4. The number of carboxylic acid groups (broad SMARTS) is 1. The molecule has 0 heterocycles. The molecule has 0 aliphatic carbocycles. The van der Waals surface area contributed by atoms with Crippen molar-refractivity contribution in [2.75, 3.05) is 0 Å². The van der Waals surface area contributed by atoms with Gasteiger partial charge in [-0.3, -0.25) is 9.59 Å². The molecule has 2 rings (SSSR count). The number of carbonyl (C=O) groups excluding carboxylic acids is 1. The predicted molar refractivity (Wildman–Crippen MR) is 143 cm³/mol. The Morgan fingerprint density at radius 2 is 1.46 bits per heavy atom. The zero-order chi connectivity index (χ0) is 26.4. The average Bonchev–Trinajstić information content (AvgIpc) is 2.84. The third kappa shape index (κ3) is 6.21. The molecule has 0 spiro atoms. The lowest BCUT2D eigenvalue weighted by atomic mass is 9.69. The van der Waals surface area contributed by atoms with Crippen molar-refractivity contribution in [2.24, 2.45) is 0 Å². The van der Waals surface area contributed by atoms with Crippen molar-refractivity contribution >= 4 is 18.0 Å². The smallest absolute Gasteiger partial charge is 0.325 e. The van der Waals surface area contributed by atoms with E-state index in [1.807, 2.05) is 39.0 Å². The fourth-order valence-electron chi connectivity index (χ4n) is 4.68. The molecule has 0 radical (unpaired) electrons. The lowest BCUT2D eigenvalue weighted by Crippen LogP contribution is -2.38. The molecule has 190 valence electrons. The Kier molecular flexibility index (Phi) is 9.45. The van der Waals surface area contributed by atoms with Crippen molar-refractivity contribution in [3.05, 3.63) is 75.9 Å². The van der Waals surface area contributed by atoms with Crippen molar-refractivity contribution in [1.82, 2.24) is 5.32 Å². The third-order valence-corrected chi connectivity index (χ3v) is 7.57. The number of hydrogen-bond donors (Lipinski definition) is 3. The van der Waals surface area contributed by atoms with Crippen molar-refractivity contribution in [2.45, 2.75) is 91.2 Å². The van der Waals surface area contributed by atoms with Crippen LogP contribution < -0.4 is 5.32 Å². The zero-order valence-corrected chi connectivity index (χ0v) is 22.2. The monoisotopic (exact) mass is 479 g/mol. The molecule has 5 nitrogen and oxygen atoms in total. The van der Waals surface area contributed by atoms with Crippen LogP contribution in [0.5, 0.6) is 0 Å². The standard InChI is InChI=1S/C30H41NO4/c1-8-29(35,9-2)17-16-23-12-13-24(18-20(23)5)30(10-3,11-4)25-14-15-26(21(6)19-25)27(32)31-22(7)28(33)34/h12-19,22,35H,8-11H2,1-7H3,(H,31,32)(H,33,34)/b17-16+. The van der Waals surface area contributed by atoms with Gasteiger partial charge < -0.3 is 15.5 Å². The second-order valence-electron chi connectivity index (χ2n) is 9.57. The van der Waals surface area contributed by atoms with Crippen molar-refractivity contribution in [1.29, 1.82) is 0 Å². The van der Waals surface area contributed by atoms with Gasteiger partial charge >= 0.3 is 5.97 Å². The Bertz CT molecular complexity index is 1080. The van der Waals surface area contributed by atoms with Crippen molar-refractivity contribution in [3.8, 4) is 0 Å². The van der Waals surface area contributed by atoms with Crippen molar-refractivity contribution in [3.63, 3.8) is 0 Å². The van der Waals surface area contributed by atoms with Crippen LogP contribution in [0, 0.1) is 13.8 Å². The summed E-state index contributed by atoms with van der Waals surface area (Å²) in [6.45, 7) is 13.8. The second-order valence-corrected chi connectivity index (χ2v) is 9.57. The van der Waals surface area contributed by atoms with Gasteiger partial charge in [-0.1, -0.05) is 70.2 Å². The normalized spacial score (nSPS) is 13.1. The van der Waals surface area contributed by atoms with Gasteiger partial charge in [0.2, 0.25) is 0 Å². The minimum Gasteiger partial charge on any atom is -0.480 e. The fraction of sp³-hybridized carbons (Fsp3) is 0.467. The van der Waals surface area contributed by atoms with Gasteiger partial charge in [0.25, 0.3) is 5.91 Å². The number of aryl methyl sites for hydroxylation is 2. The van der Waals surface area contributed by atoms with Crippen LogP contribution in [0.4, 0.5) is 0 Å². The number of amides is 1. The summed E-state index contributed by atoms with van der Waals surface area (Å²) in [6.07, 6.45) is 7.06. The molecular weight excluding hydrogens is 438 g/mol. The third-order valence-electron chi connectivity index (χ3n) is 7.57. The molecule has 0 aliphatic rings. The number of carboxylic acids is 1. The molecule has 5 heteroatoms. The molecule has 0 fully saturated rings. The van der Waals surface area contributed by atoms with Gasteiger partial charge in [0.1, 0.15) is 6.04 Å². The number of hydrogen-bond acceptors (Lipinski definition) is 3. The van der Waals surface area contributed by atoms with Gasteiger partial charge in [-0.2, -0.15) is 0 Å². The van der Waals surface area contributed by atoms with E-state index in [0.29, 0.717) is 18.4 Å². The summed E-state index contributed by atoms with van der Waals surface area (Å²) in [4.78, 5) is 23.7. The minimum absolute atomic E-state index is 0.214. The highest BCUT2D eigenvalue weighted by atomic mass is 16.4. The molecule has 1 atom stereocenters. The van der Waals surface area contributed by atoms with Gasteiger partial charge in [0, 0.05) is 11.0 Å². The highest BCUT2D eigenvalue weighted by Gasteiger charge is 2.32. The molecule has 3 N–H and O–H groups in total. The van der Waals surface area contributed by atoms with Crippen molar-refractivity contribution < 1.29 is 19.8 Å². The Morgan fingerprint density at radius 3 is 1.91 bits per heavy atom. The number of rotatable bonds is 11. The summed E-state index contributed by atoms with van der Waals surface area (Å²) in [5.74, 6) is -1.44. The Morgan fingerprint density at radius 1 is 0.914 bits per heavy atom. The molecule has 2 aromatic carbocycles. The van der Waals surface area contributed by atoms with Gasteiger partial charge in [-0.25, -0.2) is 0 Å². The first kappa shape index (κ1) is 28.3. The predicted octanol–water partition coefficient (Wildman–Crippen LogP) is 6.18. The molecule has 1 unspecified atom stereocenters. The molecule has 2 aromatic rings. The van der Waals surface area contributed by atoms with E-state index in [1.54, 1.807) is 6.07 Å². The molecule has 0 aromatic heterocycles. The van der Waals surface area contributed by atoms with Crippen LogP contribution >= 0.6 is 0 Å². The maximum atomic E-state index is 12.6. The topological polar surface area (TPSA) is 86.6 Å². The molecule has 0 saturated carbocycles. The summed E-state index contributed by atoms with van der Waals surface area (Å²) < 4.78 is 0. The van der Waals surface area contributed by atoms with Gasteiger partial charge in [-0.15, -0.1) is 0 Å². The Hall–Kier alpha value is -2.92. The zero-order valence-electron chi connectivity index (χ0n) is 22.2. The summed E-state index contributed by atoms with van der Waals surface area (Å²) in [7, 11) is 0. The van der Waals surface area contributed by atoms with Gasteiger partial charge in [-0.05, 0) is 80.3 Å².